The highest BCUT2D eigenvalue weighted by atomic mass is 35.5. The molecule has 0 unspecified atom stereocenters. The standard InChI is InChI=1S/C16H17ClN2O/c1-10(2)19-16(20)13-7-12(8-15(18)9-13)11-3-5-14(17)6-4-11/h3-10H,18H2,1-2H3,(H,19,20). The average molecular weight is 289 g/mol. The van der Waals surface area contributed by atoms with Gasteiger partial charge in [0.05, 0.1) is 0 Å². The van der Waals surface area contributed by atoms with Crippen LogP contribution in [0.25, 0.3) is 11.1 Å². The van der Waals surface area contributed by atoms with E-state index >= 15 is 0 Å². The van der Waals surface area contributed by atoms with Crippen LogP contribution in [0.4, 0.5) is 5.69 Å². The average Bonchev–Trinajstić information content (AvgIpc) is 2.38. The summed E-state index contributed by atoms with van der Waals surface area (Å²) in [4.78, 5) is 12.1. The summed E-state index contributed by atoms with van der Waals surface area (Å²) in [5, 5.41) is 3.53. The topological polar surface area (TPSA) is 55.1 Å². The third-order valence-electron chi connectivity index (χ3n) is 2.81. The predicted molar refractivity (Wildman–Crippen MR) is 83.9 cm³/mol. The van der Waals surface area contributed by atoms with Crippen LogP contribution in [-0.2, 0) is 0 Å². The fourth-order valence-electron chi connectivity index (χ4n) is 1.94. The molecule has 0 fully saturated rings. The Labute approximate surface area is 123 Å². The van der Waals surface area contributed by atoms with Crippen LogP contribution in [-0.4, -0.2) is 11.9 Å². The molecule has 3 N–H and O–H groups in total. The van der Waals surface area contributed by atoms with Crippen LogP contribution in [0.5, 0.6) is 0 Å². The van der Waals surface area contributed by atoms with E-state index in [1.165, 1.54) is 0 Å². The van der Waals surface area contributed by atoms with Gasteiger partial charge in [0.25, 0.3) is 5.91 Å². The van der Waals surface area contributed by atoms with Gasteiger partial charge in [-0.25, -0.2) is 0 Å². The first-order valence-corrected chi connectivity index (χ1v) is 6.81. The number of hydrogen-bond donors (Lipinski definition) is 2. The fraction of sp³-hybridized carbons (Fsp3) is 0.188. The Hall–Kier alpha value is -2.00. The molecule has 0 atom stereocenters. The summed E-state index contributed by atoms with van der Waals surface area (Å²) in [6, 6.07) is 12.9. The van der Waals surface area contributed by atoms with Crippen molar-refractivity contribution < 1.29 is 4.79 Å². The van der Waals surface area contributed by atoms with E-state index in [9.17, 15) is 4.79 Å². The lowest BCUT2D eigenvalue weighted by Crippen LogP contribution is -2.30. The van der Waals surface area contributed by atoms with Crippen LogP contribution in [0.3, 0.4) is 0 Å². The van der Waals surface area contributed by atoms with Gasteiger partial charge in [0, 0.05) is 22.3 Å². The molecule has 3 nitrogen and oxygen atoms in total. The SMILES string of the molecule is CC(C)NC(=O)c1cc(N)cc(-c2ccc(Cl)cc2)c1. The van der Waals surface area contributed by atoms with Gasteiger partial charge in [-0.3, -0.25) is 4.79 Å². The monoisotopic (exact) mass is 288 g/mol. The maximum atomic E-state index is 12.1. The van der Waals surface area contributed by atoms with E-state index in [1.807, 2.05) is 50.2 Å². The van der Waals surface area contributed by atoms with Gasteiger partial charge < -0.3 is 11.1 Å². The van der Waals surface area contributed by atoms with E-state index in [4.69, 9.17) is 17.3 Å². The Morgan fingerprint density at radius 1 is 1.10 bits per heavy atom. The first-order chi connectivity index (χ1) is 9.45. The van der Waals surface area contributed by atoms with Crippen molar-refractivity contribution in [3.05, 3.63) is 53.1 Å². The van der Waals surface area contributed by atoms with Gasteiger partial charge in [-0.1, -0.05) is 23.7 Å². The molecule has 0 aromatic heterocycles. The second-order valence-corrected chi connectivity index (χ2v) is 5.42. The number of nitrogen functional groups attached to an aromatic ring is 1. The van der Waals surface area contributed by atoms with Gasteiger partial charge >= 0.3 is 0 Å². The number of nitrogens with one attached hydrogen (secondary N) is 1. The van der Waals surface area contributed by atoms with Crippen LogP contribution in [0.2, 0.25) is 5.02 Å². The van der Waals surface area contributed by atoms with Crippen molar-refractivity contribution >= 4 is 23.2 Å². The summed E-state index contributed by atoms with van der Waals surface area (Å²) in [5.74, 6) is -0.123. The van der Waals surface area contributed by atoms with Crippen molar-refractivity contribution in [2.75, 3.05) is 5.73 Å². The normalized spacial score (nSPS) is 10.6. The van der Waals surface area contributed by atoms with Gasteiger partial charge in [-0.2, -0.15) is 0 Å². The smallest absolute Gasteiger partial charge is 0.251 e. The Bertz CT molecular complexity index is 621. The zero-order valence-corrected chi connectivity index (χ0v) is 12.2. The van der Waals surface area contributed by atoms with Gasteiger partial charge in [0.1, 0.15) is 0 Å². The number of carbonyl (C=O) groups is 1. The number of anilines is 1. The largest absolute Gasteiger partial charge is 0.399 e. The van der Waals surface area contributed by atoms with E-state index in [2.05, 4.69) is 5.32 Å². The van der Waals surface area contributed by atoms with Gasteiger partial charge in [0.15, 0.2) is 0 Å². The minimum Gasteiger partial charge on any atom is -0.399 e. The molecular formula is C16H17ClN2O. The Kier molecular flexibility index (Phi) is 4.30. The molecule has 0 spiro atoms. The van der Waals surface area contributed by atoms with Crippen LogP contribution in [0.15, 0.2) is 42.5 Å². The number of amides is 1. The van der Waals surface area contributed by atoms with Crippen LogP contribution in [0, 0.1) is 0 Å². The summed E-state index contributed by atoms with van der Waals surface area (Å²) in [5.41, 5.74) is 8.88. The lowest BCUT2D eigenvalue weighted by atomic mass is 10.0. The minimum atomic E-state index is -0.123. The highest BCUT2D eigenvalue weighted by Crippen LogP contribution is 2.25. The van der Waals surface area contributed by atoms with E-state index in [1.54, 1.807) is 6.07 Å². The third kappa shape index (κ3) is 3.52. The number of hydrogen-bond acceptors (Lipinski definition) is 2. The number of benzene rings is 2. The zero-order chi connectivity index (χ0) is 14.7. The second kappa shape index (κ2) is 5.97. The van der Waals surface area contributed by atoms with Gasteiger partial charge in [-0.05, 0) is 55.3 Å². The Morgan fingerprint density at radius 3 is 2.35 bits per heavy atom. The highest BCUT2D eigenvalue weighted by molar-refractivity contribution is 6.30. The van der Waals surface area contributed by atoms with Crippen molar-refractivity contribution in [1.29, 1.82) is 0 Å². The van der Waals surface area contributed by atoms with Gasteiger partial charge in [0.2, 0.25) is 0 Å². The molecule has 20 heavy (non-hydrogen) atoms. The Morgan fingerprint density at radius 2 is 1.75 bits per heavy atom. The molecule has 1 amide bonds. The van der Waals surface area contributed by atoms with Crippen molar-refractivity contribution in [2.24, 2.45) is 0 Å². The van der Waals surface area contributed by atoms with Crippen molar-refractivity contribution in [2.45, 2.75) is 19.9 Å². The molecule has 0 aliphatic rings. The molecule has 2 aromatic rings. The first-order valence-electron chi connectivity index (χ1n) is 6.43. The summed E-state index contributed by atoms with van der Waals surface area (Å²) in [7, 11) is 0. The lowest BCUT2D eigenvalue weighted by Gasteiger charge is -2.11. The fourth-order valence-corrected chi connectivity index (χ4v) is 2.06. The molecular weight excluding hydrogens is 272 g/mol. The molecule has 0 bridgehead atoms. The van der Waals surface area contributed by atoms with Crippen molar-refractivity contribution in [1.82, 2.24) is 5.32 Å². The van der Waals surface area contributed by atoms with Crippen LogP contribution >= 0.6 is 11.6 Å². The van der Waals surface area contributed by atoms with Crippen molar-refractivity contribution in [3.8, 4) is 11.1 Å². The molecule has 0 radical (unpaired) electrons. The van der Waals surface area contributed by atoms with E-state index in [0.717, 1.165) is 11.1 Å². The number of halogens is 1. The highest BCUT2D eigenvalue weighted by Gasteiger charge is 2.10. The minimum absolute atomic E-state index is 0.0860. The predicted octanol–water partition coefficient (Wildman–Crippen LogP) is 3.73. The summed E-state index contributed by atoms with van der Waals surface area (Å²) >= 11 is 5.88. The number of rotatable bonds is 3. The number of nitrogens with two attached hydrogens (primary N) is 1. The summed E-state index contributed by atoms with van der Waals surface area (Å²) < 4.78 is 0. The van der Waals surface area contributed by atoms with E-state index < -0.39 is 0 Å². The zero-order valence-electron chi connectivity index (χ0n) is 11.5. The lowest BCUT2D eigenvalue weighted by molar-refractivity contribution is 0.0943. The van der Waals surface area contributed by atoms with Crippen LogP contribution in [0.1, 0.15) is 24.2 Å². The van der Waals surface area contributed by atoms with Crippen molar-refractivity contribution in [3.63, 3.8) is 0 Å². The maximum Gasteiger partial charge on any atom is 0.251 e. The molecule has 0 aliphatic carbocycles. The molecule has 2 rings (SSSR count). The van der Waals surface area contributed by atoms with Crippen LogP contribution < -0.4 is 11.1 Å². The maximum absolute atomic E-state index is 12.1. The molecule has 0 saturated carbocycles. The Balaban J connectivity index is 2.38. The first kappa shape index (κ1) is 14.4. The third-order valence-corrected chi connectivity index (χ3v) is 3.07. The van der Waals surface area contributed by atoms with E-state index in [-0.39, 0.29) is 11.9 Å². The molecule has 0 saturated heterocycles. The number of carbonyl (C=O) groups excluding carboxylic acids is 1. The summed E-state index contributed by atoms with van der Waals surface area (Å²) in [6.07, 6.45) is 0. The van der Waals surface area contributed by atoms with Gasteiger partial charge in [-0.15, -0.1) is 0 Å². The van der Waals surface area contributed by atoms with E-state index in [0.29, 0.717) is 16.3 Å². The molecule has 0 aliphatic heterocycles. The molecule has 4 heteroatoms. The summed E-state index contributed by atoms with van der Waals surface area (Å²) in [6.45, 7) is 3.84. The molecule has 2 aromatic carbocycles. The molecule has 0 heterocycles. The second-order valence-electron chi connectivity index (χ2n) is 4.98. The molecule has 104 valence electrons. The quantitative estimate of drug-likeness (QED) is 0.846.